The predicted octanol–water partition coefficient (Wildman–Crippen LogP) is 2.31. The van der Waals surface area contributed by atoms with E-state index in [1.807, 2.05) is 0 Å². The van der Waals surface area contributed by atoms with E-state index in [0.29, 0.717) is 30.3 Å². The van der Waals surface area contributed by atoms with Gasteiger partial charge in [-0.05, 0) is 12.5 Å². The van der Waals surface area contributed by atoms with Gasteiger partial charge in [-0.3, -0.25) is 0 Å². The van der Waals surface area contributed by atoms with Crippen LogP contribution >= 0.6 is 0 Å². The summed E-state index contributed by atoms with van der Waals surface area (Å²) in [6.45, 7) is 1.09. The number of methoxy groups -OCH3 is 3. The lowest BCUT2D eigenvalue weighted by Gasteiger charge is -2.20. The standard InChI is InChI=1S/C19H23FN4O4/c1-26-13-6-12(7-14(8-13)27-2)22-17-15(19(25)28-3)9-16(20)18(23-17)24-5-4-11(21)10-24/h6-9,11H,4-5,10,21H2,1-3H3,(H,22,23)/t11-/m1/s1. The third kappa shape index (κ3) is 4.09. The van der Waals surface area contributed by atoms with Crippen LogP contribution in [0, 0.1) is 5.82 Å². The van der Waals surface area contributed by atoms with Crippen molar-refractivity contribution in [3.63, 3.8) is 0 Å². The molecule has 0 aliphatic carbocycles. The number of carbonyl (C=O) groups is 1. The summed E-state index contributed by atoms with van der Waals surface area (Å²) < 4.78 is 29.9. The second kappa shape index (κ2) is 8.30. The number of nitrogens with one attached hydrogen (secondary N) is 1. The highest BCUT2D eigenvalue weighted by Gasteiger charge is 2.26. The fourth-order valence-electron chi connectivity index (χ4n) is 3.06. The summed E-state index contributed by atoms with van der Waals surface area (Å²) in [4.78, 5) is 18.3. The minimum atomic E-state index is -0.701. The van der Waals surface area contributed by atoms with Gasteiger partial charge in [0.1, 0.15) is 22.9 Å². The number of benzene rings is 1. The van der Waals surface area contributed by atoms with E-state index in [1.165, 1.54) is 21.3 Å². The Bertz CT molecular complexity index is 855. The average Bonchev–Trinajstić information content (AvgIpc) is 3.14. The van der Waals surface area contributed by atoms with E-state index in [2.05, 4.69) is 10.3 Å². The number of rotatable bonds is 6. The minimum Gasteiger partial charge on any atom is -0.497 e. The third-order valence-electron chi connectivity index (χ3n) is 4.50. The van der Waals surface area contributed by atoms with Gasteiger partial charge in [-0.2, -0.15) is 0 Å². The van der Waals surface area contributed by atoms with Crippen LogP contribution in [0.1, 0.15) is 16.8 Å². The first kappa shape index (κ1) is 19.7. The molecule has 0 bridgehead atoms. The monoisotopic (exact) mass is 390 g/mol. The van der Waals surface area contributed by atoms with E-state index in [9.17, 15) is 9.18 Å². The van der Waals surface area contributed by atoms with Crippen LogP contribution in [0.5, 0.6) is 11.5 Å². The van der Waals surface area contributed by atoms with E-state index in [-0.39, 0.29) is 23.2 Å². The molecule has 0 spiro atoms. The number of nitrogens with two attached hydrogens (primary N) is 1. The van der Waals surface area contributed by atoms with Crippen molar-refractivity contribution in [1.82, 2.24) is 4.98 Å². The second-order valence-electron chi connectivity index (χ2n) is 6.40. The van der Waals surface area contributed by atoms with Gasteiger partial charge >= 0.3 is 5.97 Å². The normalized spacial score (nSPS) is 16.0. The molecule has 1 atom stereocenters. The minimum absolute atomic E-state index is 0.0194. The Balaban J connectivity index is 2.03. The van der Waals surface area contributed by atoms with E-state index in [4.69, 9.17) is 19.9 Å². The third-order valence-corrected chi connectivity index (χ3v) is 4.50. The molecule has 2 aromatic rings. The topological polar surface area (TPSA) is 98.9 Å². The molecule has 3 rings (SSSR count). The van der Waals surface area contributed by atoms with Gasteiger partial charge in [0.15, 0.2) is 11.6 Å². The number of anilines is 3. The molecule has 1 aromatic heterocycles. The van der Waals surface area contributed by atoms with Gasteiger partial charge in [0.05, 0.1) is 21.3 Å². The van der Waals surface area contributed by atoms with E-state index >= 15 is 0 Å². The fraction of sp³-hybridized carbons (Fsp3) is 0.368. The Kier molecular flexibility index (Phi) is 5.84. The largest absolute Gasteiger partial charge is 0.497 e. The second-order valence-corrected chi connectivity index (χ2v) is 6.40. The molecular formula is C19H23FN4O4. The molecule has 8 nitrogen and oxygen atoms in total. The highest BCUT2D eigenvalue weighted by Crippen LogP contribution is 2.31. The van der Waals surface area contributed by atoms with E-state index in [1.54, 1.807) is 23.1 Å². The van der Waals surface area contributed by atoms with Gasteiger partial charge in [0.25, 0.3) is 0 Å². The summed E-state index contributed by atoms with van der Waals surface area (Å²) in [7, 11) is 4.29. The summed E-state index contributed by atoms with van der Waals surface area (Å²) >= 11 is 0. The van der Waals surface area contributed by atoms with Crippen molar-refractivity contribution in [2.75, 3.05) is 44.6 Å². The highest BCUT2D eigenvalue weighted by atomic mass is 19.1. The number of hydrogen-bond donors (Lipinski definition) is 2. The van der Waals surface area contributed by atoms with Crippen LogP contribution in [0.3, 0.4) is 0 Å². The predicted molar refractivity (Wildman–Crippen MR) is 103 cm³/mol. The quantitative estimate of drug-likeness (QED) is 0.725. The van der Waals surface area contributed by atoms with Crippen LogP contribution < -0.4 is 25.4 Å². The Hall–Kier alpha value is -3.07. The summed E-state index contributed by atoms with van der Waals surface area (Å²) in [5, 5.41) is 3.04. The molecule has 9 heteroatoms. The van der Waals surface area contributed by atoms with Crippen molar-refractivity contribution in [3.8, 4) is 11.5 Å². The number of nitrogens with zero attached hydrogens (tertiary/aromatic N) is 2. The van der Waals surface area contributed by atoms with Crippen LogP contribution in [-0.2, 0) is 4.74 Å². The van der Waals surface area contributed by atoms with Crippen molar-refractivity contribution in [1.29, 1.82) is 0 Å². The smallest absolute Gasteiger partial charge is 0.341 e. The first-order valence-electron chi connectivity index (χ1n) is 8.74. The molecule has 0 unspecified atom stereocenters. The molecule has 0 radical (unpaired) electrons. The molecule has 150 valence electrons. The average molecular weight is 390 g/mol. The number of esters is 1. The van der Waals surface area contributed by atoms with Crippen molar-refractivity contribution >= 4 is 23.3 Å². The van der Waals surface area contributed by atoms with Gasteiger partial charge in [-0.15, -0.1) is 0 Å². The van der Waals surface area contributed by atoms with Crippen LogP contribution in [0.15, 0.2) is 24.3 Å². The molecule has 1 aliphatic heterocycles. The lowest BCUT2D eigenvalue weighted by Crippen LogP contribution is -2.28. The van der Waals surface area contributed by atoms with Crippen LogP contribution in [0.2, 0.25) is 0 Å². The van der Waals surface area contributed by atoms with Crippen LogP contribution in [0.25, 0.3) is 0 Å². The summed E-state index contributed by atoms with van der Waals surface area (Å²) in [6, 6.07) is 6.21. The number of halogens is 1. The van der Waals surface area contributed by atoms with Gasteiger partial charge < -0.3 is 30.2 Å². The first-order chi connectivity index (χ1) is 13.4. The maximum Gasteiger partial charge on any atom is 0.341 e. The van der Waals surface area contributed by atoms with Gasteiger partial charge in [0.2, 0.25) is 0 Å². The Morgan fingerprint density at radius 2 is 1.89 bits per heavy atom. The SMILES string of the molecule is COC(=O)c1cc(F)c(N2CC[C@@H](N)C2)nc1Nc1cc(OC)cc(OC)c1. The summed E-state index contributed by atoms with van der Waals surface area (Å²) in [6.07, 6.45) is 0.746. The zero-order valence-corrected chi connectivity index (χ0v) is 16.0. The molecule has 1 aliphatic rings. The maximum absolute atomic E-state index is 14.7. The lowest BCUT2D eigenvalue weighted by molar-refractivity contribution is 0.0601. The van der Waals surface area contributed by atoms with Crippen LogP contribution in [-0.4, -0.2) is 51.4 Å². The van der Waals surface area contributed by atoms with Crippen LogP contribution in [0.4, 0.5) is 21.7 Å². The number of carbonyl (C=O) groups excluding carboxylic acids is 1. The van der Waals surface area contributed by atoms with Crippen molar-refractivity contribution < 1.29 is 23.4 Å². The molecule has 28 heavy (non-hydrogen) atoms. The first-order valence-corrected chi connectivity index (χ1v) is 8.74. The molecule has 1 aromatic carbocycles. The van der Waals surface area contributed by atoms with Crippen molar-refractivity contribution in [2.24, 2.45) is 5.73 Å². The Morgan fingerprint density at radius 1 is 1.21 bits per heavy atom. The molecule has 1 fully saturated rings. The van der Waals surface area contributed by atoms with Crippen molar-refractivity contribution in [2.45, 2.75) is 12.5 Å². The molecule has 1 saturated heterocycles. The highest BCUT2D eigenvalue weighted by molar-refractivity contribution is 5.96. The lowest BCUT2D eigenvalue weighted by atomic mass is 10.2. The zero-order chi connectivity index (χ0) is 20.3. The molecule has 3 N–H and O–H groups in total. The number of pyridine rings is 1. The molecule has 2 heterocycles. The number of hydrogen-bond acceptors (Lipinski definition) is 8. The number of ether oxygens (including phenoxy) is 3. The Labute approximate surface area is 162 Å². The molecule has 0 saturated carbocycles. The number of aromatic nitrogens is 1. The van der Waals surface area contributed by atoms with Gasteiger partial charge in [-0.1, -0.05) is 0 Å². The maximum atomic E-state index is 14.7. The summed E-state index contributed by atoms with van der Waals surface area (Å²) in [5.41, 5.74) is 6.47. The fourth-order valence-corrected chi connectivity index (χ4v) is 3.06. The van der Waals surface area contributed by atoms with E-state index in [0.717, 1.165) is 12.5 Å². The van der Waals surface area contributed by atoms with E-state index < -0.39 is 11.8 Å². The van der Waals surface area contributed by atoms with Gasteiger partial charge in [0, 0.05) is 43.0 Å². The molecule has 0 amide bonds. The zero-order valence-electron chi connectivity index (χ0n) is 16.0. The van der Waals surface area contributed by atoms with Gasteiger partial charge in [-0.25, -0.2) is 14.2 Å². The van der Waals surface area contributed by atoms with Crippen molar-refractivity contribution in [3.05, 3.63) is 35.6 Å². The summed E-state index contributed by atoms with van der Waals surface area (Å²) in [5.74, 6) is 0.0948. The molecular weight excluding hydrogens is 367 g/mol. The Morgan fingerprint density at radius 3 is 2.43 bits per heavy atom.